The summed E-state index contributed by atoms with van der Waals surface area (Å²) in [5, 5.41) is 16.8. The van der Waals surface area contributed by atoms with Gasteiger partial charge >= 0.3 is 0 Å². The second kappa shape index (κ2) is 10.8. The first-order valence-corrected chi connectivity index (χ1v) is 13.0. The molecule has 3 atom stereocenters. The van der Waals surface area contributed by atoms with Gasteiger partial charge in [0.15, 0.2) is 5.65 Å². The highest BCUT2D eigenvalue weighted by atomic mass is 16.5. The number of anilines is 1. The molecule has 0 saturated carbocycles. The molecule has 1 saturated heterocycles. The highest BCUT2D eigenvalue weighted by molar-refractivity contribution is 5.98. The van der Waals surface area contributed by atoms with Gasteiger partial charge in [0.25, 0.3) is 0 Å². The highest BCUT2D eigenvalue weighted by Crippen LogP contribution is 2.35. The normalized spacial score (nSPS) is 17.7. The number of aliphatic hydroxyl groups excluding tert-OH is 1. The third-order valence-electron chi connectivity index (χ3n) is 7.17. The number of nitrogens with one attached hydrogen (secondary N) is 1. The number of nitrogens with two attached hydrogens (primary N) is 2. The number of aliphatic hydroxyl groups is 1. The van der Waals surface area contributed by atoms with Gasteiger partial charge in [-0.1, -0.05) is 18.2 Å². The summed E-state index contributed by atoms with van der Waals surface area (Å²) < 4.78 is 7.87. The first-order chi connectivity index (χ1) is 19.1. The van der Waals surface area contributed by atoms with Crippen molar-refractivity contribution in [3.63, 3.8) is 0 Å². The molecule has 2 aromatic carbocycles. The van der Waals surface area contributed by atoms with Crippen LogP contribution in [0.5, 0.6) is 11.5 Å². The molecule has 39 heavy (non-hydrogen) atoms. The quantitative estimate of drug-likeness (QED) is 0.239. The average molecular weight is 526 g/mol. The van der Waals surface area contributed by atoms with Crippen LogP contribution < -0.4 is 16.2 Å². The topological polar surface area (TPSA) is 157 Å². The van der Waals surface area contributed by atoms with E-state index in [0.29, 0.717) is 35.5 Å². The molecular formula is C28H31N9O2. The van der Waals surface area contributed by atoms with Gasteiger partial charge in [0.1, 0.15) is 35.6 Å². The standard InChI is InChI=1S/C28H31N9O2/c29-23(13-19-14-31-16-32-19)28(38)36-12-4-5-20(15-36)37-27-24(26(30)33-17-34-27)25(35-37)18-8-10-22(11-9-18)39-21-6-2-1-3-7-21/h1-3,6-11,14,16-17,20,23,28,38H,4-5,12-13,15,29H2,(H,31,32)(H2,30,33,34)/t20-,23-,28?/m1/s1. The molecule has 0 bridgehead atoms. The zero-order valence-corrected chi connectivity index (χ0v) is 21.4. The largest absolute Gasteiger partial charge is 0.457 e. The van der Waals surface area contributed by atoms with Gasteiger partial charge in [-0.05, 0) is 49.2 Å². The number of fused-ring (bicyclic) bond motifs is 1. The molecule has 11 heteroatoms. The minimum absolute atomic E-state index is 0.0148. The van der Waals surface area contributed by atoms with Gasteiger partial charge in [-0.25, -0.2) is 19.6 Å². The summed E-state index contributed by atoms with van der Waals surface area (Å²) in [5.41, 5.74) is 15.9. The number of para-hydroxylation sites is 1. The SMILES string of the molecule is Nc1ncnc2c1c(-c1ccc(Oc3ccccc3)cc1)nn2[C@@H]1CCCN(C(O)[C@H](N)Cc2cnc[nH]2)C1. The fourth-order valence-electron chi connectivity index (χ4n) is 5.21. The van der Waals surface area contributed by atoms with E-state index in [1.54, 1.807) is 12.5 Å². The van der Waals surface area contributed by atoms with E-state index in [-0.39, 0.29) is 6.04 Å². The summed E-state index contributed by atoms with van der Waals surface area (Å²) in [6.07, 6.45) is 6.30. The van der Waals surface area contributed by atoms with Crippen molar-refractivity contribution in [2.24, 2.45) is 5.73 Å². The van der Waals surface area contributed by atoms with E-state index in [1.807, 2.05) is 64.2 Å². The Morgan fingerprint density at radius 3 is 2.64 bits per heavy atom. The zero-order chi connectivity index (χ0) is 26.8. The number of hydrogen-bond acceptors (Lipinski definition) is 9. The third-order valence-corrected chi connectivity index (χ3v) is 7.17. The maximum absolute atomic E-state index is 11.1. The number of likely N-dealkylation sites (tertiary alicyclic amines) is 1. The lowest BCUT2D eigenvalue weighted by atomic mass is 10.0. The smallest absolute Gasteiger partial charge is 0.164 e. The van der Waals surface area contributed by atoms with Crippen LogP contribution in [-0.2, 0) is 6.42 Å². The zero-order valence-electron chi connectivity index (χ0n) is 21.4. The van der Waals surface area contributed by atoms with Gasteiger partial charge in [0.2, 0.25) is 0 Å². The van der Waals surface area contributed by atoms with Crippen LogP contribution >= 0.6 is 0 Å². The Balaban J connectivity index is 1.26. The van der Waals surface area contributed by atoms with Gasteiger partial charge < -0.3 is 26.3 Å². The summed E-state index contributed by atoms with van der Waals surface area (Å²) in [6.45, 7) is 1.34. The molecule has 0 amide bonds. The van der Waals surface area contributed by atoms with E-state index in [2.05, 4.69) is 19.9 Å². The summed E-state index contributed by atoms with van der Waals surface area (Å²) in [7, 11) is 0. The van der Waals surface area contributed by atoms with Crippen LogP contribution in [0.25, 0.3) is 22.3 Å². The van der Waals surface area contributed by atoms with Crippen molar-refractivity contribution in [3.05, 3.63) is 79.1 Å². The van der Waals surface area contributed by atoms with Crippen molar-refractivity contribution in [2.45, 2.75) is 37.6 Å². The summed E-state index contributed by atoms with van der Waals surface area (Å²) in [4.78, 5) is 17.9. The number of aromatic nitrogens is 6. The number of H-pyrrole nitrogens is 1. The Morgan fingerprint density at radius 2 is 1.87 bits per heavy atom. The number of imidazole rings is 1. The fraction of sp³-hybridized carbons (Fsp3) is 0.286. The number of nitrogens with zero attached hydrogens (tertiary/aromatic N) is 6. The lowest BCUT2D eigenvalue weighted by Crippen LogP contribution is -2.52. The van der Waals surface area contributed by atoms with E-state index in [1.165, 1.54) is 6.33 Å². The van der Waals surface area contributed by atoms with Crippen LogP contribution in [0.15, 0.2) is 73.4 Å². The Hall–Kier alpha value is -4.32. The van der Waals surface area contributed by atoms with E-state index < -0.39 is 12.3 Å². The van der Waals surface area contributed by atoms with Crippen molar-refractivity contribution in [1.82, 2.24) is 34.6 Å². The molecular weight excluding hydrogens is 494 g/mol. The van der Waals surface area contributed by atoms with Crippen LogP contribution in [-0.4, -0.2) is 65.1 Å². The maximum Gasteiger partial charge on any atom is 0.164 e. The number of ether oxygens (including phenoxy) is 1. The molecule has 200 valence electrons. The molecule has 4 heterocycles. The Morgan fingerprint density at radius 1 is 1.08 bits per heavy atom. The molecule has 0 aliphatic carbocycles. The Kier molecular flexibility index (Phi) is 6.93. The number of aromatic amines is 1. The molecule has 6 N–H and O–H groups in total. The third kappa shape index (κ3) is 5.19. The molecule has 3 aromatic heterocycles. The van der Waals surface area contributed by atoms with Gasteiger partial charge in [0.05, 0.1) is 17.8 Å². The van der Waals surface area contributed by atoms with E-state index >= 15 is 0 Å². The lowest BCUT2D eigenvalue weighted by molar-refractivity contribution is -0.0365. The van der Waals surface area contributed by atoms with Gasteiger partial charge in [-0.15, -0.1) is 0 Å². The van der Waals surface area contributed by atoms with Crippen LogP contribution in [0.3, 0.4) is 0 Å². The number of rotatable bonds is 8. The van der Waals surface area contributed by atoms with E-state index in [4.69, 9.17) is 21.3 Å². The second-order valence-corrected chi connectivity index (χ2v) is 9.84. The van der Waals surface area contributed by atoms with Crippen molar-refractivity contribution in [3.8, 4) is 22.8 Å². The monoisotopic (exact) mass is 525 g/mol. The molecule has 0 spiro atoms. The fourth-order valence-corrected chi connectivity index (χ4v) is 5.21. The summed E-state index contributed by atoms with van der Waals surface area (Å²) in [6, 6.07) is 16.9. The first kappa shape index (κ1) is 25.0. The van der Waals surface area contributed by atoms with Crippen LogP contribution in [0.4, 0.5) is 5.82 Å². The van der Waals surface area contributed by atoms with Gasteiger partial charge in [0, 0.05) is 43.0 Å². The van der Waals surface area contributed by atoms with Gasteiger partial charge in [-0.2, -0.15) is 5.10 Å². The molecule has 1 fully saturated rings. The highest BCUT2D eigenvalue weighted by Gasteiger charge is 2.31. The van der Waals surface area contributed by atoms with Gasteiger partial charge in [-0.3, -0.25) is 4.90 Å². The average Bonchev–Trinajstić information content (AvgIpc) is 3.62. The number of nitrogen functional groups attached to an aromatic ring is 1. The van der Waals surface area contributed by atoms with Crippen molar-refractivity contribution < 1.29 is 9.84 Å². The van der Waals surface area contributed by atoms with Crippen LogP contribution in [0.2, 0.25) is 0 Å². The lowest BCUT2D eigenvalue weighted by Gasteiger charge is -2.38. The molecule has 1 aliphatic rings. The van der Waals surface area contributed by atoms with Crippen molar-refractivity contribution >= 4 is 16.9 Å². The number of hydrogen-bond donors (Lipinski definition) is 4. The van der Waals surface area contributed by atoms with Crippen LogP contribution in [0.1, 0.15) is 24.6 Å². The first-order valence-electron chi connectivity index (χ1n) is 13.0. The Labute approximate surface area is 225 Å². The molecule has 6 rings (SSSR count). The minimum atomic E-state index is -0.797. The van der Waals surface area contributed by atoms with E-state index in [0.717, 1.165) is 42.1 Å². The molecule has 5 aromatic rings. The summed E-state index contributed by atoms with van der Waals surface area (Å²) in [5.74, 6) is 1.87. The van der Waals surface area contributed by atoms with E-state index in [9.17, 15) is 5.11 Å². The number of benzene rings is 2. The maximum atomic E-state index is 11.1. The van der Waals surface area contributed by atoms with Crippen molar-refractivity contribution in [1.29, 1.82) is 0 Å². The minimum Gasteiger partial charge on any atom is -0.457 e. The molecule has 1 aliphatic heterocycles. The predicted octanol–water partition coefficient (Wildman–Crippen LogP) is 3.12. The number of piperidine rings is 1. The van der Waals surface area contributed by atoms with Crippen molar-refractivity contribution in [2.75, 3.05) is 18.8 Å². The van der Waals surface area contributed by atoms with Crippen LogP contribution in [0, 0.1) is 0 Å². The molecule has 1 unspecified atom stereocenters. The second-order valence-electron chi connectivity index (χ2n) is 9.84. The molecule has 11 nitrogen and oxygen atoms in total. The Bertz CT molecular complexity index is 1520. The summed E-state index contributed by atoms with van der Waals surface area (Å²) >= 11 is 0. The predicted molar refractivity (Wildman–Crippen MR) is 148 cm³/mol. The molecule has 0 radical (unpaired) electrons.